The molecule has 1 aliphatic rings. The Morgan fingerprint density at radius 3 is 2.52 bits per heavy atom. The van der Waals surface area contributed by atoms with Gasteiger partial charge in [0.15, 0.2) is 0 Å². The van der Waals surface area contributed by atoms with Crippen molar-refractivity contribution >= 4 is 15.7 Å². The molecule has 4 nitrogen and oxygen atoms in total. The van der Waals surface area contributed by atoms with Gasteiger partial charge < -0.3 is 5.32 Å². The van der Waals surface area contributed by atoms with Crippen LogP contribution in [-0.2, 0) is 16.2 Å². The summed E-state index contributed by atoms with van der Waals surface area (Å²) in [6, 6.07) is 3.39. The zero-order valence-corrected chi connectivity index (χ0v) is 12.3. The molecular weight excluding hydrogens is 305 g/mol. The summed E-state index contributed by atoms with van der Waals surface area (Å²) in [5.74, 6) is -0.167. The van der Waals surface area contributed by atoms with Gasteiger partial charge in [-0.05, 0) is 37.5 Å². The first-order chi connectivity index (χ1) is 9.67. The van der Waals surface area contributed by atoms with E-state index < -0.39 is 21.8 Å². The third-order valence-corrected chi connectivity index (χ3v) is 4.48. The first-order valence-corrected chi connectivity index (χ1v) is 8.24. The van der Waals surface area contributed by atoms with Gasteiger partial charge in [-0.2, -0.15) is 13.2 Å². The molecule has 0 unspecified atom stereocenters. The lowest BCUT2D eigenvalue weighted by Crippen LogP contribution is -2.28. The molecule has 8 heteroatoms. The van der Waals surface area contributed by atoms with Gasteiger partial charge in [0, 0.05) is 12.6 Å². The summed E-state index contributed by atoms with van der Waals surface area (Å²) in [6.07, 6.45) is -2.41. The summed E-state index contributed by atoms with van der Waals surface area (Å²) in [5, 5.41) is 3.05. The number of hydrogen-bond donors (Lipinski definition) is 2. The maximum absolute atomic E-state index is 12.6. The summed E-state index contributed by atoms with van der Waals surface area (Å²) in [4.78, 5) is 0. The van der Waals surface area contributed by atoms with Crippen molar-refractivity contribution in [2.24, 2.45) is 0 Å². The molecule has 1 saturated carbocycles. The maximum atomic E-state index is 12.6. The van der Waals surface area contributed by atoms with Crippen LogP contribution in [-0.4, -0.2) is 26.8 Å². The Labute approximate surface area is 121 Å². The summed E-state index contributed by atoms with van der Waals surface area (Å²) in [5.41, 5.74) is -0.458. The van der Waals surface area contributed by atoms with Gasteiger partial charge in [-0.15, -0.1) is 0 Å². The number of sulfonamides is 1. The summed E-state index contributed by atoms with van der Waals surface area (Å²) >= 11 is 0. The molecule has 0 saturated heterocycles. The van der Waals surface area contributed by atoms with Crippen molar-refractivity contribution in [3.8, 4) is 0 Å². The summed E-state index contributed by atoms with van der Waals surface area (Å²) < 4.78 is 63.9. The van der Waals surface area contributed by atoms with Gasteiger partial charge in [0.1, 0.15) is 0 Å². The van der Waals surface area contributed by atoms with Gasteiger partial charge in [-0.1, -0.05) is 6.07 Å². The topological polar surface area (TPSA) is 58.2 Å². The monoisotopic (exact) mass is 322 g/mol. The van der Waals surface area contributed by atoms with Crippen molar-refractivity contribution in [2.75, 3.05) is 17.0 Å². The van der Waals surface area contributed by atoms with Crippen molar-refractivity contribution in [2.45, 2.75) is 32.0 Å². The number of benzene rings is 1. The Hall–Kier alpha value is -1.28. The lowest BCUT2D eigenvalue weighted by molar-refractivity contribution is -0.137. The normalized spacial score (nSPS) is 16.0. The molecule has 1 aromatic rings. The van der Waals surface area contributed by atoms with Crippen LogP contribution >= 0.6 is 0 Å². The lowest BCUT2D eigenvalue weighted by Gasteiger charge is -2.14. The molecule has 1 aromatic carbocycles. The van der Waals surface area contributed by atoms with E-state index >= 15 is 0 Å². The molecule has 0 radical (unpaired) electrons. The zero-order chi connectivity index (χ0) is 15.7. The van der Waals surface area contributed by atoms with E-state index in [0.717, 1.165) is 25.0 Å². The lowest BCUT2D eigenvalue weighted by atomic mass is 10.1. The van der Waals surface area contributed by atoms with Crippen LogP contribution in [0.1, 0.15) is 24.0 Å². The van der Waals surface area contributed by atoms with Crippen LogP contribution in [0, 0.1) is 6.92 Å². The second-order valence-corrected chi connectivity index (χ2v) is 7.02. The molecule has 0 bridgehead atoms. The molecule has 0 atom stereocenters. The Bertz CT molecular complexity index is 610. The van der Waals surface area contributed by atoms with E-state index in [1.807, 2.05) is 0 Å². The molecule has 0 aromatic heterocycles. The van der Waals surface area contributed by atoms with Crippen molar-refractivity contribution in [3.63, 3.8) is 0 Å². The molecule has 21 heavy (non-hydrogen) atoms. The number of anilines is 1. The molecule has 2 rings (SSSR count). The minimum atomic E-state index is -4.50. The average Bonchev–Trinajstić information content (AvgIpc) is 3.14. The van der Waals surface area contributed by atoms with E-state index in [0.29, 0.717) is 11.6 Å². The second-order valence-electron chi connectivity index (χ2n) is 5.18. The first-order valence-electron chi connectivity index (χ1n) is 6.59. The highest BCUT2D eigenvalue weighted by molar-refractivity contribution is 7.92. The van der Waals surface area contributed by atoms with E-state index in [1.165, 1.54) is 6.07 Å². The van der Waals surface area contributed by atoms with Gasteiger partial charge in [-0.3, -0.25) is 4.72 Å². The van der Waals surface area contributed by atoms with Crippen LogP contribution in [0.4, 0.5) is 18.9 Å². The summed E-state index contributed by atoms with van der Waals surface area (Å²) in [6.45, 7) is 1.85. The predicted molar refractivity (Wildman–Crippen MR) is 74.6 cm³/mol. The highest BCUT2D eigenvalue weighted by atomic mass is 32.2. The van der Waals surface area contributed by atoms with Crippen LogP contribution in [0.5, 0.6) is 0 Å². The Morgan fingerprint density at radius 1 is 1.29 bits per heavy atom. The molecule has 1 aliphatic carbocycles. The van der Waals surface area contributed by atoms with Gasteiger partial charge in [0.05, 0.1) is 17.0 Å². The SMILES string of the molecule is Cc1ccc(C(F)(F)F)cc1NS(=O)(=O)CCNC1CC1. The number of alkyl halides is 3. The Kier molecular flexibility index (Phi) is 4.48. The molecule has 0 amide bonds. The highest BCUT2D eigenvalue weighted by Gasteiger charge is 2.31. The molecule has 2 N–H and O–H groups in total. The Balaban J connectivity index is 2.06. The van der Waals surface area contributed by atoms with Crippen molar-refractivity contribution in [3.05, 3.63) is 29.3 Å². The van der Waals surface area contributed by atoms with Gasteiger partial charge in [-0.25, -0.2) is 8.42 Å². The van der Waals surface area contributed by atoms with Crippen molar-refractivity contribution in [1.82, 2.24) is 5.32 Å². The summed E-state index contributed by atoms with van der Waals surface area (Å²) in [7, 11) is -3.67. The number of halogens is 3. The van der Waals surface area contributed by atoms with Gasteiger partial charge in [0.25, 0.3) is 0 Å². The first kappa shape index (κ1) is 16.1. The van der Waals surface area contributed by atoms with Crippen LogP contribution in [0.2, 0.25) is 0 Å². The number of aryl methyl sites for hydroxylation is 1. The standard InChI is InChI=1S/C13H17F3N2O2S/c1-9-2-3-10(13(14,15)16)8-12(9)18-21(19,20)7-6-17-11-4-5-11/h2-3,8,11,17-18H,4-7H2,1H3. The quantitative estimate of drug-likeness (QED) is 0.846. The largest absolute Gasteiger partial charge is 0.416 e. The molecule has 0 heterocycles. The van der Waals surface area contributed by atoms with Crippen LogP contribution < -0.4 is 10.0 Å². The van der Waals surface area contributed by atoms with E-state index in [1.54, 1.807) is 6.92 Å². The molecule has 0 spiro atoms. The van der Waals surface area contributed by atoms with E-state index in [9.17, 15) is 21.6 Å². The van der Waals surface area contributed by atoms with Crippen LogP contribution in [0.3, 0.4) is 0 Å². The maximum Gasteiger partial charge on any atom is 0.416 e. The van der Waals surface area contributed by atoms with Gasteiger partial charge >= 0.3 is 6.18 Å². The Morgan fingerprint density at radius 2 is 1.95 bits per heavy atom. The highest BCUT2D eigenvalue weighted by Crippen LogP contribution is 2.32. The van der Waals surface area contributed by atoms with Gasteiger partial charge in [0.2, 0.25) is 10.0 Å². The molecular formula is C13H17F3N2O2S. The fourth-order valence-electron chi connectivity index (χ4n) is 1.81. The van der Waals surface area contributed by atoms with Crippen molar-refractivity contribution < 1.29 is 21.6 Å². The third-order valence-electron chi connectivity index (χ3n) is 3.21. The number of nitrogens with one attached hydrogen (secondary N) is 2. The van der Waals surface area contributed by atoms with E-state index in [-0.39, 0.29) is 18.0 Å². The minimum absolute atomic E-state index is 0.0313. The minimum Gasteiger partial charge on any atom is -0.313 e. The van der Waals surface area contributed by atoms with Crippen LogP contribution in [0.15, 0.2) is 18.2 Å². The second kappa shape index (κ2) is 5.84. The predicted octanol–water partition coefficient (Wildman–Crippen LogP) is 2.51. The molecule has 118 valence electrons. The third kappa shape index (κ3) is 4.89. The molecule has 0 aliphatic heterocycles. The number of rotatable bonds is 6. The fraction of sp³-hybridized carbons (Fsp3) is 0.538. The van der Waals surface area contributed by atoms with E-state index in [4.69, 9.17) is 0 Å². The van der Waals surface area contributed by atoms with Crippen LogP contribution in [0.25, 0.3) is 0 Å². The smallest absolute Gasteiger partial charge is 0.313 e. The fourth-order valence-corrected chi connectivity index (χ4v) is 2.86. The van der Waals surface area contributed by atoms with E-state index in [2.05, 4.69) is 10.0 Å². The van der Waals surface area contributed by atoms with Crippen molar-refractivity contribution in [1.29, 1.82) is 0 Å². The average molecular weight is 322 g/mol. The zero-order valence-electron chi connectivity index (χ0n) is 11.5. The molecule has 1 fully saturated rings. The number of hydrogen-bond acceptors (Lipinski definition) is 3.